The van der Waals surface area contributed by atoms with Gasteiger partial charge in [0.2, 0.25) is 0 Å². The van der Waals surface area contributed by atoms with Crippen LogP contribution in [-0.2, 0) is 16.1 Å². The molecule has 1 unspecified atom stereocenters. The molecule has 6 nitrogen and oxygen atoms in total. The summed E-state index contributed by atoms with van der Waals surface area (Å²) in [5.41, 5.74) is 0. The number of tetrazole rings is 1. The number of rotatable bonds is 5. The van der Waals surface area contributed by atoms with Crippen LogP contribution < -0.4 is 0 Å². The van der Waals surface area contributed by atoms with E-state index in [1.54, 1.807) is 0 Å². The highest BCUT2D eigenvalue weighted by molar-refractivity contribution is 5.68. The first-order valence-electron chi connectivity index (χ1n) is 6.91. The van der Waals surface area contributed by atoms with Crippen LogP contribution in [0.1, 0.15) is 43.8 Å². The third kappa shape index (κ3) is 3.39. The molecule has 0 bridgehead atoms. The molecule has 1 fully saturated rings. The summed E-state index contributed by atoms with van der Waals surface area (Å²) < 4.78 is 5.25. The van der Waals surface area contributed by atoms with Gasteiger partial charge in [-0.3, -0.25) is 0 Å². The molecule has 0 saturated heterocycles. The largest absolute Gasteiger partial charge is 0.464 e. The van der Waals surface area contributed by atoms with Crippen molar-refractivity contribution in [3.8, 4) is 0 Å². The van der Waals surface area contributed by atoms with Crippen LogP contribution in [-0.4, -0.2) is 32.8 Å². The van der Waals surface area contributed by atoms with E-state index < -0.39 is 0 Å². The third-order valence-electron chi connectivity index (χ3n) is 3.49. The van der Waals surface area contributed by atoms with Gasteiger partial charge in [0.25, 0.3) is 0 Å². The number of hydrogen-bond donors (Lipinski definition) is 0. The average molecular weight is 262 g/mol. The zero-order valence-electron chi connectivity index (χ0n) is 10.9. The Hall–Kier alpha value is -1.72. The number of carbonyl (C=O) groups excluding carboxylic acids is 1. The van der Waals surface area contributed by atoms with Gasteiger partial charge in [-0.15, -0.1) is 10.2 Å². The molecule has 0 amide bonds. The second-order valence-corrected chi connectivity index (χ2v) is 5.25. The minimum absolute atomic E-state index is 0.0517. The van der Waals surface area contributed by atoms with Gasteiger partial charge in [0.15, 0.2) is 12.4 Å². The normalized spacial score (nSPS) is 22.4. The highest BCUT2D eigenvalue weighted by Crippen LogP contribution is 2.37. The Balaban J connectivity index is 1.44. The predicted molar refractivity (Wildman–Crippen MR) is 67.2 cm³/mol. The fourth-order valence-electron chi connectivity index (χ4n) is 2.21. The first-order valence-corrected chi connectivity index (χ1v) is 6.91. The molecule has 3 rings (SSSR count). The van der Waals surface area contributed by atoms with Crippen LogP contribution >= 0.6 is 0 Å². The van der Waals surface area contributed by atoms with Crippen molar-refractivity contribution in [2.24, 2.45) is 5.92 Å². The molecule has 0 radical (unpaired) electrons. The number of aromatic nitrogens is 4. The lowest BCUT2D eigenvalue weighted by molar-refractivity contribution is -0.145. The van der Waals surface area contributed by atoms with Crippen molar-refractivity contribution in [1.29, 1.82) is 0 Å². The molecule has 1 atom stereocenters. The van der Waals surface area contributed by atoms with Gasteiger partial charge in [-0.25, -0.2) is 4.79 Å². The third-order valence-corrected chi connectivity index (χ3v) is 3.49. The minimum atomic E-state index is -0.293. The van der Waals surface area contributed by atoms with Crippen molar-refractivity contribution >= 4 is 5.97 Å². The molecular weight excluding hydrogens is 244 g/mol. The van der Waals surface area contributed by atoms with Gasteiger partial charge >= 0.3 is 5.97 Å². The second kappa shape index (κ2) is 5.50. The number of hydrogen-bond acceptors (Lipinski definition) is 5. The topological polar surface area (TPSA) is 69.9 Å². The molecule has 2 aliphatic rings. The van der Waals surface area contributed by atoms with Gasteiger partial charge in [-0.05, 0) is 37.3 Å². The Morgan fingerprint density at radius 3 is 3.05 bits per heavy atom. The van der Waals surface area contributed by atoms with Crippen LogP contribution in [0.15, 0.2) is 12.2 Å². The Kier molecular flexibility index (Phi) is 3.57. The SMILES string of the molecule is O=C(Cn1nnc(C2CC2)n1)OCC1C=CCCC1. The maximum atomic E-state index is 11.7. The van der Waals surface area contributed by atoms with E-state index in [4.69, 9.17) is 4.74 Å². The molecule has 0 aromatic carbocycles. The van der Waals surface area contributed by atoms with Gasteiger partial charge in [-0.1, -0.05) is 12.2 Å². The summed E-state index contributed by atoms with van der Waals surface area (Å²) in [4.78, 5) is 13.0. The van der Waals surface area contributed by atoms with Gasteiger partial charge in [0, 0.05) is 11.8 Å². The average Bonchev–Trinajstić information content (AvgIpc) is 3.19. The van der Waals surface area contributed by atoms with E-state index in [1.807, 2.05) is 0 Å². The number of esters is 1. The maximum Gasteiger partial charge on any atom is 0.329 e. The monoisotopic (exact) mass is 262 g/mol. The maximum absolute atomic E-state index is 11.7. The van der Waals surface area contributed by atoms with E-state index in [-0.39, 0.29) is 12.5 Å². The molecule has 1 aromatic heterocycles. The smallest absolute Gasteiger partial charge is 0.329 e. The summed E-state index contributed by atoms with van der Waals surface area (Å²) in [5, 5.41) is 12.0. The molecule has 2 aliphatic carbocycles. The van der Waals surface area contributed by atoms with Gasteiger partial charge in [0.1, 0.15) is 0 Å². The molecule has 19 heavy (non-hydrogen) atoms. The Labute approximate surface area is 111 Å². The number of carbonyl (C=O) groups is 1. The molecular formula is C13H18N4O2. The molecule has 1 saturated carbocycles. The first-order chi connectivity index (χ1) is 9.31. The minimum Gasteiger partial charge on any atom is -0.464 e. The zero-order chi connectivity index (χ0) is 13.1. The Morgan fingerprint density at radius 1 is 1.42 bits per heavy atom. The number of nitrogens with zero attached hydrogens (tertiary/aromatic N) is 4. The first kappa shape index (κ1) is 12.3. The Morgan fingerprint density at radius 2 is 2.32 bits per heavy atom. The molecule has 6 heteroatoms. The standard InChI is InChI=1S/C13H18N4O2/c18-12(19-9-10-4-2-1-3-5-10)8-17-15-13(14-16-17)11-6-7-11/h2,4,10-11H,1,3,5-9H2. The van der Waals surface area contributed by atoms with E-state index in [9.17, 15) is 4.79 Å². The van der Waals surface area contributed by atoms with Crippen molar-refractivity contribution in [3.63, 3.8) is 0 Å². The quantitative estimate of drug-likeness (QED) is 0.593. The molecule has 1 aromatic rings. The fourth-order valence-corrected chi connectivity index (χ4v) is 2.21. The van der Waals surface area contributed by atoms with Crippen molar-refractivity contribution in [2.75, 3.05) is 6.61 Å². The molecule has 0 N–H and O–H groups in total. The van der Waals surface area contributed by atoms with Crippen LogP contribution in [0.3, 0.4) is 0 Å². The lowest BCUT2D eigenvalue weighted by Gasteiger charge is -2.15. The van der Waals surface area contributed by atoms with Crippen LogP contribution in [0.2, 0.25) is 0 Å². The van der Waals surface area contributed by atoms with Crippen molar-refractivity contribution in [2.45, 2.75) is 44.6 Å². The highest BCUT2D eigenvalue weighted by atomic mass is 16.5. The lowest BCUT2D eigenvalue weighted by atomic mass is 9.97. The lowest BCUT2D eigenvalue weighted by Crippen LogP contribution is -2.19. The molecule has 0 spiro atoms. The van der Waals surface area contributed by atoms with E-state index in [1.165, 1.54) is 11.2 Å². The van der Waals surface area contributed by atoms with E-state index in [2.05, 4.69) is 27.6 Å². The van der Waals surface area contributed by atoms with Crippen LogP contribution in [0.4, 0.5) is 0 Å². The van der Waals surface area contributed by atoms with E-state index in [0.29, 0.717) is 18.4 Å². The summed E-state index contributed by atoms with van der Waals surface area (Å²) in [6.45, 7) is 0.510. The van der Waals surface area contributed by atoms with Gasteiger partial charge in [-0.2, -0.15) is 4.80 Å². The van der Waals surface area contributed by atoms with Crippen molar-refractivity contribution in [1.82, 2.24) is 20.2 Å². The fraction of sp³-hybridized carbons (Fsp3) is 0.692. The predicted octanol–water partition coefficient (Wildman–Crippen LogP) is 1.45. The zero-order valence-corrected chi connectivity index (χ0v) is 10.9. The highest BCUT2D eigenvalue weighted by Gasteiger charge is 2.28. The van der Waals surface area contributed by atoms with Gasteiger partial charge < -0.3 is 4.74 Å². The van der Waals surface area contributed by atoms with Crippen LogP contribution in [0.5, 0.6) is 0 Å². The summed E-state index contributed by atoms with van der Waals surface area (Å²) in [6, 6.07) is 0. The number of ether oxygens (including phenoxy) is 1. The Bertz CT molecular complexity index is 479. The van der Waals surface area contributed by atoms with E-state index >= 15 is 0 Å². The summed E-state index contributed by atoms with van der Waals surface area (Å²) in [6.07, 6.45) is 9.95. The summed E-state index contributed by atoms with van der Waals surface area (Å²) in [5.74, 6) is 1.28. The molecule has 102 valence electrons. The summed E-state index contributed by atoms with van der Waals surface area (Å²) >= 11 is 0. The van der Waals surface area contributed by atoms with Crippen LogP contribution in [0, 0.1) is 5.92 Å². The molecule has 0 aliphatic heterocycles. The van der Waals surface area contributed by atoms with Crippen molar-refractivity contribution in [3.05, 3.63) is 18.0 Å². The second-order valence-electron chi connectivity index (χ2n) is 5.25. The van der Waals surface area contributed by atoms with Crippen molar-refractivity contribution < 1.29 is 9.53 Å². The molecule has 1 heterocycles. The van der Waals surface area contributed by atoms with Gasteiger partial charge in [0.05, 0.1) is 6.61 Å². The summed E-state index contributed by atoms with van der Waals surface area (Å²) in [7, 11) is 0. The van der Waals surface area contributed by atoms with Crippen LogP contribution in [0.25, 0.3) is 0 Å². The number of allylic oxidation sites excluding steroid dienone is 1. The van der Waals surface area contributed by atoms with E-state index in [0.717, 1.165) is 31.5 Å².